The van der Waals surface area contributed by atoms with Crippen LogP contribution in [-0.2, 0) is 31.9 Å². The van der Waals surface area contributed by atoms with Crippen molar-refractivity contribution in [1.29, 1.82) is 0 Å². The van der Waals surface area contributed by atoms with Crippen LogP contribution in [0.2, 0.25) is 0 Å². The van der Waals surface area contributed by atoms with Crippen LogP contribution in [-0.4, -0.2) is 9.55 Å². The average Bonchev–Trinajstić information content (AvgIpc) is 3.85. The Bertz CT molecular complexity index is 3450. The second-order valence-electron chi connectivity index (χ2n) is 19.4. The number of benzene rings is 7. The molecule has 9 aromatic rings. The molecule has 3 heterocycles. The molecular weight excluding hydrogens is 1060 g/mol. The summed E-state index contributed by atoms with van der Waals surface area (Å²) in [6.45, 7) is 18.1. The third-order valence-corrected chi connectivity index (χ3v) is 12.5. The van der Waals surface area contributed by atoms with Gasteiger partial charge >= 0.3 is 0 Å². The Morgan fingerprint density at radius 2 is 1.22 bits per heavy atom. The number of aromatic nitrogens is 2. The molecule has 0 atom stereocenters. The number of para-hydroxylation sites is 4. The van der Waals surface area contributed by atoms with Crippen molar-refractivity contribution < 1.29 is 47.8 Å². The average molecular weight is 1110 g/mol. The first-order valence-electron chi connectivity index (χ1n) is 22.3. The third-order valence-electron chi connectivity index (χ3n) is 12.5. The number of anilines is 4. The molecule has 0 bridgehead atoms. The first kappa shape index (κ1) is 47.3. The summed E-state index contributed by atoms with van der Waals surface area (Å²) in [6.07, 6.45) is 1.84. The fourth-order valence-electron chi connectivity index (χ4n) is 9.25. The number of fused-ring (bicyclic) bond motifs is 4. The largest absolute Gasteiger partial charge is 0.509 e. The molecule has 11 heteroatoms. The zero-order valence-electron chi connectivity index (χ0n) is 39.1. The molecule has 0 fully saturated rings. The van der Waals surface area contributed by atoms with Gasteiger partial charge in [0.25, 0.3) is 0 Å². The molecule has 1 aliphatic rings. The summed E-state index contributed by atoms with van der Waals surface area (Å²) < 4.78 is 84.9. The molecule has 10 rings (SSSR count). The van der Waals surface area contributed by atoms with Gasteiger partial charge in [-0.2, -0.15) is 6.07 Å². The SMILES string of the molecule is Cc1cc(C)cc(-c2cc(Oc3[c-]c4c(cc3)c3ccccc3n4-c3cc(C(C)(C)C)ccn3)[c-]c(N3[CH-]N(c4c(-c5c(F)c(F)c(F)c(F)c5F)cccc4C(C)(C)C)c4ccccc43)c2)c1.[Pt]. The van der Waals surface area contributed by atoms with Crippen LogP contribution in [0, 0.1) is 61.7 Å². The molecule has 0 unspecified atom stereocenters. The van der Waals surface area contributed by atoms with Crippen LogP contribution in [0.3, 0.4) is 0 Å². The number of ether oxygens (including phenoxy) is 1. The molecule has 0 saturated carbocycles. The van der Waals surface area contributed by atoms with E-state index in [0.717, 1.165) is 55.4 Å². The van der Waals surface area contributed by atoms with E-state index in [4.69, 9.17) is 9.72 Å². The number of nitrogens with zero attached hydrogens (tertiary/aromatic N) is 4. The van der Waals surface area contributed by atoms with Gasteiger partial charge in [0.05, 0.1) is 5.56 Å². The quantitative estimate of drug-likeness (QED) is 0.0689. The van der Waals surface area contributed by atoms with Gasteiger partial charge in [0.1, 0.15) is 5.82 Å². The van der Waals surface area contributed by atoms with E-state index >= 15 is 8.78 Å². The van der Waals surface area contributed by atoms with Gasteiger partial charge in [-0.15, -0.1) is 53.6 Å². The molecule has 0 spiro atoms. The zero-order chi connectivity index (χ0) is 48.0. The van der Waals surface area contributed by atoms with Crippen molar-refractivity contribution in [3.05, 3.63) is 198 Å². The van der Waals surface area contributed by atoms with E-state index in [-0.39, 0.29) is 37.7 Å². The van der Waals surface area contributed by atoms with Crippen LogP contribution >= 0.6 is 0 Å². The molecule has 5 nitrogen and oxygen atoms in total. The van der Waals surface area contributed by atoms with E-state index in [0.29, 0.717) is 34.1 Å². The van der Waals surface area contributed by atoms with Gasteiger partial charge < -0.3 is 19.1 Å². The number of hydrogen-bond acceptors (Lipinski definition) is 4. The van der Waals surface area contributed by atoms with Gasteiger partial charge in [-0.1, -0.05) is 125 Å². The summed E-state index contributed by atoms with van der Waals surface area (Å²) in [4.78, 5) is 8.45. The van der Waals surface area contributed by atoms with Crippen molar-refractivity contribution in [1.82, 2.24) is 9.55 Å². The third kappa shape index (κ3) is 8.37. The number of aryl methyl sites for hydroxylation is 2. The molecule has 352 valence electrons. The van der Waals surface area contributed by atoms with Crippen LogP contribution < -0.4 is 14.5 Å². The number of rotatable bonds is 7. The topological polar surface area (TPSA) is 33.5 Å². The molecule has 1 aliphatic heterocycles. The fraction of sp³-hybridized carbons (Fsp3) is 0.172. The molecule has 2 aromatic heterocycles. The van der Waals surface area contributed by atoms with Crippen molar-refractivity contribution >= 4 is 44.6 Å². The van der Waals surface area contributed by atoms with E-state index in [9.17, 15) is 13.2 Å². The van der Waals surface area contributed by atoms with Crippen molar-refractivity contribution in [2.75, 3.05) is 9.80 Å². The fourth-order valence-corrected chi connectivity index (χ4v) is 9.25. The van der Waals surface area contributed by atoms with Gasteiger partial charge in [0.2, 0.25) is 5.82 Å². The number of halogens is 5. The Morgan fingerprint density at radius 1 is 0.580 bits per heavy atom. The van der Waals surface area contributed by atoms with Gasteiger partial charge in [-0.05, 0) is 77.1 Å². The molecular formula is C58H46F5N4OPt-3. The molecule has 0 saturated heterocycles. The van der Waals surface area contributed by atoms with E-state index in [1.165, 1.54) is 6.07 Å². The maximum Gasteiger partial charge on any atom is 0.200 e. The van der Waals surface area contributed by atoms with Gasteiger partial charge in [0, 0.05) is 66.9 Å². The Labute approximate surface area is 413 Å². The summed E-state index contributed by atoms with van der Waals surface area (Å²) in [6, 6.07) is 45.7. The van der Waals surface area contributed by atoms with Crippen LogP contribution in [0.5, 0.6) is 11.5 Å². The summed E-state index contributed by atoms with van der Waals surface area (Å²) in [5.41, 5.74) is 7.51. The van der Waals surface area contributed by atoms with Crippen molar-refractivity contribution in [3.63, 3.8) is 0 Å². The summed E-state index contributed by atoms with van der Waals surface area (Å²) in [5, 5.41) is 2.02. The molecule has 7 aromatic carbocycles. The minimum Gasteiger partial charge on any atom is -0.509 e. The Balaban J connectivity index is 0.00000593. The number of hydrogen-bond donors (Lipinski definition) is 0. The second-order valence-corrected chi connectivity index (χ2v) is 19.4. The molecule has 0 N–H and O–H groups in total. The van der Waals surface area contributed by atoms with Crippen LogP contribution in [0.1, 0.15) is 63.8 Å². The van der Waals surface area contributed by atoms with E-state index < -0.39 is 40.1 Å². The molecule has 69 heavy (non-hydrogen) atoms. The van der Waals surface area contributed by atoms with Crippen LogP contribution in [0.4, 0.5) is 44.7 Å². The van der Waals surface area contributed by atoms with Gasteiger partial charge in [0.15, 0.2) is 23.3 Å². The minimum absolute atomic E-state index is 0. The monoisotopic (exact) mass is 1100 g/mol. The predicted octanol–water partition coefficient (Wildman–Crippen LogP) is 16.2. The van der Waals surface area contributed by atoms with E-state index in [1.807, 2.05) is 112 Å². The Morgan fingerprint density at radius 3 is 1.90 bits per heavy atom. The van der Waals surface area contributed by atoms with Crippen molar-refractivity contribution in [3.8, 4) is 39.6 Å². The number of pyridine rings is 1. The van der Waals surface area contributed by atoms with Crippen molar-refractivity contribution in [2.24, 2.45) is 0 Å². The Kier molecular flexibility index (Phi) is 12.1. The van der Waals surface area contributed by atoms with E-state index in [2.05, 4.69) is 73.9 Å². The van der Waals surface area contributed by atoms with E-state index in [1.54, 1.807) is 23.7 Å². The molecule has 0 amide bonds. The predicted molar refractivity (Wildman–Crippen MR) is 262 cm³/mol. The maximum absolute atomic E-state index is 15.8. The van der Waals surface area contributed by atoms with Gasteiger partial charge in [-0.3, -0.25) is 0 Å². The summed E-state index contributed by atoms with van der Waals surface area (Å²) >= 11 is 0. The zero-order valence-corrected chi connectivity index (χ0v) is 41.4. The summed E-state index contributed by atoms with van der Waals surface area (Å²) in [7, 11) is 0. The molecule has 0 aliphatic carbocycles. The van der Waals surface area contributed by atoms with Crippen LogP contribution in [0.15, 0.2) is 128 Å². The molecule has 0 radical (unpaired) electrons. The smallest absolute Gasteiger partial charge is 0.200 e. The first-order chi connectivity index (χ1) is 32.4. The minimum atomic E-state index is -2.22. The Hall–Kier alpha value is -6.77. The normalized spacial score (nSPS) is 12.8. The van der Waals surface area contributed by atoms with Crippen molar-refractivity contribution in [2.45, 2.75) is 66.2 Å². The van der Waals surface area contributed by atoms with Gasteiger partial charge in [-0.25, -0.2) is 26.9 Å². The first-order valence-corrected chi connectivity index (χ1v) is 22.3. The maximum atomic E-state index is 15.8. The van der Waals surface area contributed by atoms with Crippen LogP contribution in [0.25, 0.3) is 49.9 Å². The second kappa shape index (κ2) is 17.6. The standard InChI is InChI=1S/C58H46F5N4O.Pt/c1-33-24-34(2)26-35(25-33)36-27-38(30-40(28-36)68-39-20-21-42-41-14-9-10-17-45(41)67(48(42)31-39)49-29-37(22-23-64-49)57(3,4)5)65-32-66(47-19-12-11-18-46(47)65)56-43(15-13-16-44(56)58(6,7)8)50-51(59)53(61)55(63)54(62)52(50)60;/h9-29,32H,1-8H3;/q-3;. The summed E-state index contributed by atoms with van der Waals surface area (Å²) in [5.74, 6) is -8.52.